The first kappa shape index (κ1) is 21.1. The van der Waals surface area contributed by atoms with E-state index < -0.39 is 0 Å². The van der Waals surface area contributed by atoms with Crippen molar-refractivity contribution in [2.24, 2.45) is 4.99 Å². The second-order valence-corrected chi connectivity index (χ2v) is 7.62. The third-order valence-corrected chi connectivity index (χ3v) is 5.44. The predicted molar refractivity (Wildman–Crippen MR) is 132 cm³/mol. The summed E-state index contributed by atoms with van der Waals surface area (Å²) in [5.74, 6) is 0.991. The van der Waals surface area contributed by atoms with Crippen LogP contribution in [0.5, 0.6) is 0 Å². The van der Waals surface area contributed by atoms with Crippen molar-refractivity contribution >= 4 is 51.4 Å². The Kier molecular flexibility index (Phi) is 6.14. The molecule has 0 fully saturated rings. The largest absolute Gasteiger partial charge is 0.373 e. The summed E-state index contributed by atoms with van der Waals surface area (Å²) in [5.41, 5.74) is 3.86. The zero-order valence-corrected chi connectivity index (χ0v) is 18.2. The minimum absolute atomic E-state index is 0.203. The van der Waals surface area contributed by atoms with Crippen LogP contribution < -0.4 is 10.6 Å². The molecule has 0 bridgehead atoms. The second-order valence-electron chi connectivity index (χ2n) is 6.72. The molecule has 4 aromatic rings. The van der Waals surface area contributed by atoms with E-state index in [9.17, 15) is 4.79 Å². The molecular weight excluding hydrogens is 420 g/mol. The van der Waals surface area contributed by atoms with Crippen molar-refractivity contribution in [3.05, 3.63) is 84.3 Å². The van der Waals surface area contributed by atoms with E-state index in [2.05, 4.69) is 43.9 Å². The van der Waals surface area contributed by atoms with E-state index in [0.29, 0.717) is 27.9 Å². The fourth-order valence-corrected chi connectivity index (χ4v) is 3.75. The number of anilines is 2. The highest BCUT2D eigenvalue weighted by atomic mass is 32.1. The number of nitrogens with one attached hydrogen (secondary N) is 2. The van der Waals surface area contributed by atoms with E-state index in [4.69, 9.17) is 0 Å². The van der Waals surface area contributed by atoms with E-state index in [1.807, 2.05) is 48.8 Å². The Bertz CT molecular complexity index is 1340. The third kappa shape index (κ3) is 4.30. The van der Waals surface area contributed by atoms with E-state index >= 15 is 0 Å². The molecule has 2 N–H and O–H groups in total. The maximum Gasteiger partial charge on any atom is 0.257 e. The second kappa shape index (κ2) is 9.32. The molecule has 32 heavy (non-hydrogen) atoms. The summed E-state index contributed by atoms with van der Waals surface area (Å²) >= 11 is 1.38. The topological polar surface area (TPSA) is 92.2 Å². The van der Waals surface area contributed by atoms with E-state index in [1.54, 1.807) is 24.5 Å². The summed E-state index contributed by atoms with van der Waals surface area (Å²) in [6, 6.07) is 13.4. The van der Waals surface area contributed by atoms with Crippen LogP contribution in [-0.2, 0) is 0 Å². The summed E-state index contributed by atoms with van der Waals surface area (Å²) in [7, 11) is 1.81. The van der Waals surface area contributed by atoms with Gasteiger partial charge in [0.1, 0.15) is 5.82 Å². The lowest BCUT2D eigenvalue weighted by Gasteiger charge is -2.11. The molecule has 158 valence electrons. The molecule has 0 aliphatic carbocycles. The fourth-order valence-electron chi connectivity index (χ4n) is 3.22. The third-order valence-electron chi connectivity index (χ3n) is 4.75. The molecule has 0 radical (unpaired) electrons. The van der Waals surface area contributed by atoms with Gasteiger partial charge in [0.15, 0.2) is 11.0 Å². The molecule has 0 aliphatic rings. The highest BCUT2D eigenvalue weighted by Crippen LogP contribution is 2.29. The number of aromatic nitrogens is 3. The first-order chi connectivity index (χ1) is 15.6. The van der Waals surface area contributed by atoms with Gasteiger partial charge in [-0.05, 0) is 42.1 Å². The zero-order chi connectivity index (χ0) is 22.5. The number of hydrogen-bond donors (Lipinski definition) is 2. The molecule has 7 nitrogen and oxygen atoms in total. The number of carbonyl (C=O) groups is 1. The molecule has 1 amide bonds. The average Bonchev–Trinajstić information content (AvgIpc) is 3.34. The number of allylic oxidation sites excluding steroid dienone is 2. The van der Waals surface area contributed by atoms with Crippen LogP contribution in [0.3, 0.4) is 0 Å². The van der Waals surface area contributed by atoms with Crippen molar-refractivity contribution in [3.8, 4) is 11.1 Å². The Morgan fingerprint density at radius 2 is 2.00 bits per heavy atom. The monoisotopic (exact) mass is 440 g/mol. The molecule has 8 heteroatoms. The maximum atomic E-state index is 12.6. The van der Waals surface area contributed by atoms with Gasteiger partial charge in [-0.2, -0.15) is 0 Å². The Balaban J connectivity index is 1.72. The normalized spacial score (nSPS) is 11.2. The van der Waals surface area contributed by atoms with Crippen LogP contribution in [0.25, 0.3) is 27.6 Å². The molecule has 0 saturated heterocycles. The van der Waals surface area contributed by atoms with Gasteiger partial charge in [0, 0.05) is 41.3 Å². The Morgan fingerprint density at radius 1 is 1.16 bits per heavy atom. The van der Waals surface area contributed by atoms with E-state index in [1.165, 1.54) is 11.3 Å². The van der Waals surface area contributed by atoms with Crippen LogP contribution >= 0.6 is 11.3 Å². The molecule has 0 aliphatic heterocycles. The van der Waals surface area contributed by atoms with Gasteiger partial charge in [-0.15, -0.1) is 11.3 Å². The Hall–Kier alpha value is -4.17. The summed E-state index contributed by atoms with van der Waals surface area (Å²) in [6.45, 7) is 7.29. The van der Waals surface area contributed by atoms with Gasteiger partial charge in [0.05, 0.1) is 5.52 Å². The zero-order valence-electron chi connectivity index (χ0n) is 17.4. The number of benzene rings is 2. The quantitative estimate of drug-likeness (QED) is 0.301. The van der Waals surface area contributed by atoms with Crippen LogP contribution in [0.4, 0.5) is 10.9 Å². The van der Waals surface area contributed by atoms with E-state index in [-0.39, 0.29) is 5.91 Å². The molecule has 0 atom stereocenters. The number of rotatable bonds is 7. The Labute approximate surface area is 189 Å². The number of nitrogens with zero attached hydrogens (tertiary/aromatic N) is 4. The van der Waals surface area contributed by atoms with Crippen molar-refractivity contribution in [2.45, 2.75) is 0 Å². The van der Waals surface area contributed by atoms with Crippen LogP contribution in [-0.4, -0.2) is 34.6 Å². The fraction of sp³-hybridized carbons (Fsp3) is 0.0417. The smallest absolute Gasteiger partial charge is 0.257 e. The predicted octanol–water partition coefficient (Wildman–Crippen LogP) is 5.27. The molecule has 2 aromatic carbocycles. The van der Waals surface area contributed by atoms with Gasteiger partial charge in [-0.1, -0.05) is 30.9 Å². The molecule has 2 aromatic heterocycles. The molecule has 2 heterocycles. The average molecular weight is 441 g/mol. The van der Waals surface area contributed by atoms with Crippen molar-refractivity contribution in [3.63, 3.8) is 0 Å². The lowest BCUT2D eigenvalue weighted by atomic mass is 10.0. The van der Waals surface area contributed by atoms with E-state index in [0.717, 1.165) is 22.0 Å². The van der Waals surface area contributed by atoms with Crippen LogP contribution in [0, 0.1) is 0 Å². The van der Waals surface area contributed by atoms with Crippen molar-refractivity contribution < 1.29 is 4.79 Å². The van der Waals surface area contributed by atoms with Gasteiger partial charge in [-0.3, -0.25) is 15.1 Å². The number of aliphatic imine (C=N–C) groups is 1. The number of hydrogen-bond acceptors (Lipinski definition) is 7. The SMILES string of the molecule is C=C/C(=C\N=C)c1nc(NC)c2cc(-c3cccc(C(=O)Nc4nccs4)c3)ccc2n1. The maximum absolute atomic E-state index is 12.6. The minimum atomic E-state index is -0.203. The summed E-state index contributed by atoms with van der Waals surface area (Å²) in [6.07, 6.45) is 4.87. The number of carbonyl (C=O) groups excluding carboxylic acids is 1. The number of amides is 1. The van der Waals surface area contributed by atoms with Crippen molar-refractivity contribution in [2.75, 3.05) is 17.7 Å². The van der Waals surface area contributed by atoms with Gasteiger partial charge >= 0.3 is 0 Å². The first-order valence-electron chi connectivity index (χ1n) is 9.72. The molecule has 0 unspecified atom stereocenters. The molecule has 0 spiro atoms. The Morgan fingerprint density at radius 3 is 2.72 bits per heavy atom. The number of thiazole rings is 1. The highest BCUT2D eigenvalue weighted by molar-refractivity contribution is 7.13. The van der Waals surface area contributed by atoms with Crippen LogP contribution in [0.1, 0.15) is 16.2 Å². The van der Waals surface area contributed by atoms with Crippen molar-refractivity contribution in [1.82, 2.24) is 15.0 Å². The van der Waals surface area contributed by atoms with Gasteiger partial charge in [-0.25, -0.2) is 15.0 Å². The first-order valence-corrected chi connectivity index (χ1v) is 10.6. The molecular formula is C24H20N6OS. The summed E-state index contributed by atoms with van der Waals surface area (Å²) in [4.78, 5) is 29.7. The summed E-state index contributed by atoms with van der Waals surface area (Å²) in [5, 5.41) is 9.19. The van der Waals surface area contributed by atoms with Gasteiger partial charge in [0.25, 0.3) is 5.91 Å². The van der Waals surface area contributed by atoms with Crippen molar-refractivity contribution in [1.29, 1.82) is 0 Å². The molecule has 4 rings (SSSR count). The summed E-state index contributed by atoms with van der Waals surface area (Å²) < 4.78 is 0. The lowest BCUT2D eigenvalue weighted by Crippen LogP contribution is -2.11. The number of fused-ring (bicyclic) bond motifs is 1. The van der Waals surface area contributed by atoms with Crippen LogP contribution in [0.2, 0.25) is 0 Å². The van der Waals surface area contributed by atoms with Crippen LogP contribution in [0.15, 0.2) is 77.9 Å². The van der Waals surface area contributed by atoms with Gasteiger partial charge < -0.3 is 5.32 Å². The van der Waals surface area contributed by atoms with Gasteiger partial charge in [0.2, 0.25) is 0 Å². The standard InChI is InChI=1S/C24H20N6OS/c1-4-15(14-25-2)21-28-20-9-8-17(13-19(20)22(26-3)29-21)16-6-5-7-18(12-16)23(31)30-24-27-10-11-32-24/h4-14H,1-2H2,3H3,(H,26,28,29)(H,27,30,31)/b15-14+. The molecule has 0 saturated carbocycles. The highest BCUT2D eigenvalue weighted by Gasteiger charge is 2.12. The lowest BCUT2D eigenvalue weighted by molar-refractivity contribution is 0.102. The minimum Gasteiger partial charge on any atom is -0.373 e.